The summed E-state index contributed by atoms with van der Waals surface area (Å²) in [4.78, 5) is 22.8. The monoisotopic (exact) mass is 523 g/mol. The van der Waals surface area contributed by atoms with Crippen molar-refractivity contribution in [2.24, 2.45) is 0 Å². The van der Waals surface area contributed by atoms with Crippen LogP contribution in [0.4, 0.5) is 38.0 Å². The van der Waals surface area contributed by atoms with Crippen molar-refractivity contribution < 1.29 is 36.2 Å². The molecule has 0 aliphatic carbocycles. The molecular weight excluding hydrogens is 500 g/mol. The Hall–Kier alpha value is -3.24. The summed E-state index contributed by atoms with van der Waals surface area (Å²) in [5.74, 6) is 0.207. The van der Waals surface area contributed by atoms with E-state index < -0.39 is 47.4 Å². The van der Waals surface area contributed by atoms with Gasteiger partial charge in [-0.2, -0.15) is 31.4 Å². The maximum atomic E-state index is 13.1. The number of hydrogen-bond donors (Lipinski definition) is 3. The molecule has 1 atom stereocenters. The number of nitrogens with one attached hydrogen (secondary N) is 2. The third-order valence-corrected chi connectivity index (χ3v) is 5.15. The number of halogens is 6. The summed E-state index contributed by atoms with van der Waals surface area (Å²) in [6.07, 6.45) is -4.19. The van der Waals surface area contributed by atoms with Gasteiger partial charge >= 0.3 is 12.4 Å². The van der Waals surface area contributed by atoms with E-state index in [4.69, 9.17) is 4.74 Å². The van der Waals surface area contributed by atoms with Crippen molar-refractivity contribution in [1.82, 2.24) is 25.1 Å². The van der Waals surface area contributed by atoms with Gasteiger partial charge in [-0.15, -0.1) is 0 Å². The van der Waals surface area contributed by atoms with Crippen molar-refractivity contribution in [2.75, 3.05) is 56.3 Å². The summed E-state index contributed by atoms with van der Waals surface area (Å²) >= 11 is 0. The predicted molar refractivity (Wildman–Crippen MR) is 115 cm³/mol. The summed E-state index contributed by atoms with van der Waals surface area (Å²) in [6.45, 7) is 1.84. The van der Waals surface area contributed by atoms with Gasteiger partial charge in [0.25, 0.3) is 5.56 Å². The molecule has 0 aromatic carbocycles. The number of hydrogen-bond acceptors (Lipinski definition) is 9. The van der Waals surface area contributed by atoms with E-state index in [-0.39, 0.29) is 19.3 Å². The highest BCUT2D eigenvalue weighted by Crippen LogP contribution is 2.31. The molecule has 0 spiro atoms. The number of aromatic nitrogens is 4. The van der Waals surface area contributed by atoms with Gasteiger partial charge < -0.3 is 20.1 Å². The third kappa shape index (κ3) is 7.38. The molecule has 1 fully saturated rings. The van der Waals surface area contributed by atoms with Gasteiger partial charge in [0.1, 0.15) is 5.56 Å². The van der Waals surface area contributed by atoms with Crippen LogP contribution in [0.5, 0.6) is 0 Å². The number of aliphatic hydroxyl groups is 1. The van der Waals surface area contributed by atoms with Crippen LogP contribution in [0.2, 0.25) is 0 Å². The van der Waals surface area contributed by atoms with Crippen molar-refractivity contribution in [3.05, 3.63) is 52.2 Å². The molecule has 2 aromatic rings. The Balaban J connectivity index is 1.43. The SMILES string of the molecule is O=c1[nH]ncc(NC(/C=C/COCN2CCN(c3ncc(C(F)(F)F)cn3)CC2)CO)c1C(F)(F)F. The molecular formula is C20H23F6N7O3. The van der Waals surface area contributed by atoms with Gasteiger partial charge in [-0.1, -0.05) is 12.2 Å². The van der Waals surface area contributed by atoms with Crippen LogP contribution in [0.1, 0.15) is 11.1 Å². The molecule has 1 aliphatic rings. The normalized spacial score (nSPS) is 16.5. The van der Waals surface area contributed by atoms with Crippen molar-refractivity contribution in [3.63, 3.8) is 0 Å². The van der Waals surface area contributed by atoms with Crippen LogP contribution in [0, 0.1) is 0 Å². The molecule has 3 rings (SSSR count). The van der Waals surface area contributed by atoms with Gasteiger partial charge in [-0.3, -0.25) is 9.69 Å². The number of H-pyrrole nitrogens is 1. The second kappa shape index (κ2) is 11.7. The minimum atomic E-state index is -4.91. The minimum absolute atomic E-state index is 0.0974. The lowest BCUT2D eigenvalue weighted by molar-refractivity contribution is -0.139. The lowest BCUT2D eigenvalue weighted by Gasteiger charge is -2.34. The number of rotatable bonds is 9. The number of alkyl halides is 6. The van der Waals surface area contributed by atoms with Crippen molar-refractivity contribution in [3.8, 4) is 0 Å². The van der Waals surface area contributed by atoms with Crippen LogP contribution in [0.3, 0.4) is 0 Å². The first kappa shape index (κ1) is 27.3. The number of aromatic amines is 1. The number of anilines is 2. The summed E-state index contributed by atoms with van der Waals surface area (Å²) in [6, 6.07) is -0.925. The third-order valence-electron chi connectivity index (χ3n) is 5.15. The summed E-state index contributed by atoms with van der Waals surface area (Å²) < 4.78 is 82.8. The molecule has 0 bridgehead atoms. The number of ether oxygens (including phenoxy) is 1. The Labute approximate surface area is 200 Å². The number of nitrogens with zero attached hydrogens (tertiary/aromatic N) is 5. The molecule has 1 aliphatic heterocycles. The number of aliphatic hydroxyl groups excluding tert-OH is 1. The molecule has 0 saturated carbocycles. The summed E-state index contributed by atoms with van der Waals surface area (Å²) in [7, 11) is 0. The first-order valence-corrected chi connectivity index (χ1v) is 10.6. The zero-order valence-electron chi connectivity index (χ0n) is 18.7. The van der Waals surface area contributed by atoms with Gasteiger partial charge in [0.15, 0.2) is 0 Å². The van der Waals surface area contributed by atoms with Crippen molar-refractivity contribution in [2.45, 2.75) is 18.4 Å². The van der Waals surface area contributed by atoms with Gasteiger partial charge in [0.2, 0.25) is 5.95 Å². The van der Waals surface area contributed by atoms with E-state index in [0.29, 0.717) is 26.2 Å². The highest BCUT2D eigenvalue weighted by atomic mass is 19.4. The zero-order valence-corrected chi connectivity index (χ0v) is 18.7. The fraction of sp³-hybridized carbons (Fsp3) is 0.500. The van der Waals surface area contributed by atoms with E-state index in [9.17, 15) is 36.2 Å². The van der Waals surface area contributed by atoms with E-state index >= 15 is 0 Å². The Morgan fingerprint density at radius 2 is 1.75 bits per heavy atom. The molecule has 16 heteroatoms. The van der Waals surface area contributed by atoms with Crippen LogP contribution in [0.15, 0.2) is 35.5 Å². The fourth-order valence-electron chi connectivity index (χ4n) is 3.32. The standard InChI is InChI=1S/C20H23F6N7O3/c21-19(22,23)13-8-27-18(28-9-13)33-5-3-32(4-6-33)12-36-7-1-2-14(11-34)30-15-10-29-31-17(35)16(15)20(24,25)26/h1-2,8-10,14,34H,3-7,11-12H2,(H2,30,31,35)/b2-1+. The van der Waals surface area contributed by atoms with Crippen LogP contribution in [0.25, 0.3) is 0 Å². The lowest BCUT2D eigenvalue weighted by atomic mass is 10.2. The molecule has 0 radical (unpaired) electrons. The van der Waals surface area contributed by atoms with E-state index in [0.717, 1.165) is 18.6 Å². The molecule has 198 valence electrons. The van der Waals surface area contributed by atoms with Gasteiger partial charge in [0.05, 0.1) is 43.4 Å². The average Bonchev–Trinajstić information content (AvgIpc) is 2.82. The van der Waals surface area contributed by atoms with Gasteiger partial charge in [0, 0.05) is 38.6 Å². The Morgan fingerprint density at radius 1 is 1.08 bits per heavy atom. The zero-order chi connectivity index (χ0) is 26.3. The van der Waals surface area contributed by atoms with E-state index in [1.807, 2.05) is 4.90 Å². The highest BCUT2D eigenvalue weighted by Gasteiger charge is 2.37. The van der Waals surface area contributed by atoms with E-state index in [2.05, 4.69) is 20.4 Å². The topological polar surface area (TPSA) is 120 Å². The Kier molecular flexibility index (Phi) is 8.86. The first-order valence-electron chi connectivity index (χ1n) is 10.6. The molecule has 3 N–H and O–H groups in total. The van der Waals surface area contributed by atoms with Crippen LogP contribution in [-0.4, -0.2) is 82.3 Å². The molecule has 1 unspecified atom stereocenters. The summed E-state index contributed by atoms with van der Waals surface area (Å²) in [5.41, 5.74) is -4.33. The lowest BCUT2D eigenvalue weighted by Crippen LogP contribution is -2.47. The smallest absolute Gasteiger partial charge is 0.394 e. The summed E-state index contributed by atoms with van der Waals surface area (Å²) in [5, 5.41) is 17.0. The molecule has 2 aromatic heterocycles. The van der Waals surface area contributed by atoms with Gasteiger partial charge in [-0.25, -0.2) is 15.1 Å². The molecule has 1 saturated heterocycles. The first-order chi connectivity index (χ1) is 17.0. The Morgan fingerprint density at radius 3 is 2.33 bits per heavy atom. The van der Waals surface area contributed by atoms with Crippen LogP contribution in [-0.2, 0) is 17.1 Å². The second-order valence-electron chi connectivity index (χ2n) is 7.72. The largest absolute Gasteiger partial charge is 0.423 e. The van der Waals surface area contributed by atoms with Gasteiger partial charge in [-0.05, 0) is 0 Å². The quantitative estimate of drug-likeness (QED) is 0.257. The minimum Gasteiger partial charge on any atom is -0.394 e. The molecule has 36 heavy (non-hydrogen) atoms. The van der Waals surface area contributed by atoms with E-state index in [1.165, 1.54) is 12.2 Å². The van der Waals surface area contributed by atoms with Crippen molar-refractivity contribution in [1.29, 1.82) is 0 Å². The maximum absolute atomic E-state index is 13.1. The fourth-order valence-corrected chi connectivity index (χ4v) is 3.32. The molecule has 10 nitrogen and oxygen atoms in total. The Bertz CT molecular complexity index is 1070. The predicted octanol–water partition coefficient (Wildman–Crippen LogP) is 1.72. The van der Waals surface area contributed by atoms with E-state index in [1.54, 1.807) is 10.00 Å². The maximum Gasteiger partial charge on any atom is 0.423 e. The second-order valence-corrected chi connectivity index (χ2v) is 7.72. The molecule has 0 amide bonds. The average molecular weight is 523 g/mol. The van der Waals surface area contributed by atoms with Crippen LogP contribution >= 0.6 is 0 Å². The van der Waals surface area contributed by atoms with Crippen LogP contribution < -0.4 is 15.8 Å². The molecule has 3 heterocycles. The number of piperazine rings is 1. The highest BCUT2D eigenvalue weighted by molar-refractivity contribution is 5.50. The van der Waals surface area contributed by atoms with Crippen molar-refractivity contribution >= 4 is 11.6 Å².